The van der Waals surface area contributed by atoms with Gasteiger partial charge in [0.05, 0.1) is 6.61 Å². The molecule has 1 aliphatic carbocycles. The highest BCUT2D eigenvalue weighted by molar-refractivity contribution is 5.48. The van der Waals surface area contributed by atoms with Gasteiger partial charge in [0.15, 0.2) is 0 Å². The van der Waals surface area contributed by atoms with Crippen LogP contribution in [0.25, 0.3) is 0 Å². The van der Waals surface area contributed by atoms with Gasteiger partial charge in [0.25, 0.3) is 0 Å². The molecule has 2 heteroatoms. The second kappa shape index (κ2) is 5.06. The molecule has 0 spiro atoms. The Morgan fingerprint density at radius 2 is 2.27 bits per heavy atom. The van der Waals surface area contributed by atoms with E-state index in [1.165, 1.54) is 24.9 Å². The fraction of sp³-hybridized carbons (Fsp3) is 0.538. The van der Waals surface area contributed by atoms with Gasteiger partial charge < -0.3 is 10.1 Å². The van der Waals surface area contributed by atoms with Gasteiger partial charge in [-0.15, -0.1) is 0 Å². The fourth-order valence-corrected chi connectivity index (χ4v) is 1.82. The van der Waals surface area contributed by atoms with Crippen LogP contribution in [0.1, 0.15) is 26.2 Å². The molecule has 0 bridgehead atoms. The summed E-state index contributed by atoms with van der Waals surface area (Å²) < 4.78 is 5.45. The average Bonchev–Trinajstić information content (AvgIpc) is 2.16. The molecular weight excluding hydrogens is 186 g/mol. The summed E-state index contributed by atoms with van der Waals surface area (Å²) in [7, 11) is 0. The lowest BCUT2D eigenvalue weighted by molar-refractivity contribution is 0.332. The van der Waals surface area contributed by atoms with Crippen LogP contribution >= 0.6 is 0 Å². The lowest BCUT2D eigenvalue weighted by Gasteiger charge is -2.25. The normalized spacial score (nSPS) is 15.8. The van der Waals surface area contributed by atoms with Crippen molar-refractivity contribution < 1.29 is 4.74 Å². The Bertz CT molecular complexity index is 307. The Hall–Kier alpha value is -1.18. The Morgan fingerprint density at radius 1 is 1.40 bits per heavy atom. The van der Waals surface area contributed by atoms with E-state index in [1.54, 1.807) is 0 Å². The number of benzene rings is 1. The van der Waals surface area contributed by atoms with Crippen molar-refractivity contribution in [2.75, 3.05) is 18.5 Å². The summed E-state index contributed by atoms with van der Waals surface area (Å²) in [5.41, 5.74) is 1.17. The van der Waals surface area contributed by atoms with E-state index < -0.39 is 0 Å². The van der Waals surface area contributed by atoms with Crippen LogP contribution in [0.4, 0.5) is 5.69 Å². The summed E-state index contributed by atoms with van der Waals surface area (Å²) >= 11 is 0. The highest BCUT2D eigenvalue weighted by atomic mass is 16.5. The summed E-state index contributed by atoms with van der Waals surface area (Å²) in [4.78, 5) is 0. The highest BCUT2D eigenvalue weighted by Crippen LogP contribution is 2.27. The van der Waals surface area contributed by atoms with E-state index in [2.05, 4.69) is 17.4 Å². The minimum atomic E-state index is 0.728. The van der Waals surface area contributed by atoms with Gasteiger partial charge >= 0.3 is 0 Å². The van der Waals surface area contributed by atoms with E-state index in [4.69, 9.17) is 4.74 Å². The van der Waals surface area contributed by atoms with Crippen LogP contribution in [-0.2, 0) is 0 Å². The minimum Gasteiger partial charge on any atom is -0.494 e. The van der Waals surface area contributed by atoms with Gasteiger partial charge in [-0.25, -0.2) is 0 Å². The first-order valence-corrected chi connectivity index (χ1v) is 5.85. The smallest absolute Gasteiger partial charge is 0.121 e. The SMILES string of the molecule is CCOc1cccc(NCC2CCC2)c1. The Kier molecular flexibility index (Phi) is 3.49. The first-order chi connectivity index (χ1) is 7.38. The molecule has 0 aliphatic heterocycles. The van der Waals surface area contributed by atoms with Gasteiger partial charge in [0.1, 0.15) is 5.75 Å². The minimum absolute atomic E-state index is 0.728. The summed E-state index contributed by atoms with van der Waals surface area (Å²) in [6, 6.07) is 8.20. The third kappa shape index (κ3) is 2.88. The molecule has 1 aliphatic rings. The number of anilines is 1. The van der Waals surface area contributed by atoms with Crippen molar-refractivity contribution in [2.24, 2.45) is 5.92 Å². The van der Waals surface area contributed by atoms with Crippen molar-refractivity contribution in [1.82, 2.24) is 0 Å². The standard InChI is InChI=1S/C13H19NO/c1-2-15-13-8-4-7-12(9-13)14-10-11-5-3-6-11/h4,7-9,11,14H,2-3,5-6,10H2,1H3. The lowest BCUT2D eigenvalue weighted by atomic mass is 9.85. The third-order valence-corrected chi connectivity index (χ3v) is 2.96. The summed E-state index contributed by atoms with van der Waals surface area (Å²) in [5.74, 6) is 1.84. The predicted molar refractivity (Wildman–Crippen MR) is 63.4 cm³/mol. The van der Waals surface area contributed by atoms with Crippen molar-refractivity contribution in [3.05, 3.63) is 24.3 Å². The Labute approximate surface area is 91.6 Å². The quantitative estimate of drug-likeness (QED) is 0.796. The topological polar surface area (TPSA) is 21.3 Å². The molecule has 0 amide bonds. The maximum absolute atomic E-state index is 5.45. The zero-order valence-electron chi connectivity index (χ0n) is 9.33. The molecule has 0 heterocycles. The number of hydrogen-bond donors (Lipinski definition) is 1. The first kappa shape index (κ1) is 10.3. The van der Waals surface area contributed by atoms with Gasteiger partial charge in [-0.2, -0.15) is 0 Å². The second-order valence-corrected chi connectivity index (χ2v) is 4.14. The van der Waals surface area contributed by atoms with Gasteiger partial charge in [0, 0.05) is 18.3 Å². The molecule has 0 atom stereocenters. The number of ether oxygens (including phenoxy) is 1. The highest BCUT2D eigenvalue weighted by Gasteiger charge is 2.16. The second-order valence-electron chi connectivity index (χ2n) is 4.14. The van der Waals surface area contributed by atoms with E-state index in [1.807, 2.05) is 19.1 Å². The van der Waals surface area contributed by atoms with Crippen LogP contribution in [0, 0.1) is 5.92 Å². The Morgan fingerprint density at radius 3 is 2.93 bits per heavy atom. The van der Waals surface area contributed by atoms with Gasteiger partial charge in [-0.05, 0) is 37.8 Å². The third-order valence-electron chi connectivity index (χ3n) is 2.96. The van der Waals surface area contributed by atoms with Gasteiger partial charge in [-0.1, -0.05) is 12.5 Å². The summed E-state index contributed by atoms with van der Waals surface area (Å²) in [5, 5.41) is 3.47. The van der Waals surface area contributed by atoms with Crippen molar-refractivity contribution >= 4 is 5.69 Å². The molecule has 0 unspecified atom stereocenters. The summed E-state index contributed by atoms with van der Waals surface area (Å²) in [6.45, 7) is 3.84. The van der Waals surface area contributed by atoms with Crippen molar-refractivity contribution in [3.63, 3.8) is 0 Å². The largest absolute Gasteiger partial charge is 0.494 e. The molecule has 82 valence electrons. The fourth-order valence-electron chi connectivity index (χ4n) is 1.82. The van der Waals surface area contributed by atoms with Gasteiger partial charge in [0.2, 0.25) is 0 Å². The maximum atomic E-state index is 5.45. The molecule has 15 heavy (non-hydrogen) atoms. The molecule has 0 radical (unpaired) electrons. The maximum Gasteiger partial charge on any atom is 0.121 e. The van der Waals surface area contributed by atoms with Crippen LogP contribution in [-0.4, -0.2) is 13.2 Å². The van der Waals surface area contributed by atoms with Crippen LogP contribution < -0.4 is 10.1 Å². The van der Waals surface area contributed by atoms with E-state index in [0.717, 1.165) is 24.8 Å². The van der Waals surface area contributed by atoms with Crippen LogP contribution in [0.3, 0.4) is 0 Å². The van der Waals surface area contributed by atoms with Gasteiger partial charge in [-0.3, -0.25) is 0 Å². The lowest BCUT2D eigenvalue weighted by Crippen LogP contribution is -2.20. The average molecular weight is 205 g/mol. The molecule has 1 saturated carbocycles. The van der Waals surface area contributed by atoms with Crippen molar-refractivity contribution in [3.8, 4) is 5.75 Å². The van der Waals surface area contributed by atoms with Crippen LogP contribution in [0.5, 0.6) is 5.75 Å². The van der Waals surface area contributed by atoms with E-state index in [-0.39, 0.29) is 0 Å². The predicted octanol–water partition coefficient (Wildman–Crippen LogP) is 3.30. The molecule has 0 aromatic heterocycles. The van der Waals surface area contributed by atoms with E-state index >= 15 is 0 Å². The molecule has 2 rings (SSSR count). The number of nitrogens with one attached hydrogen (secondary N) is 1. The molecule has 1 aromatic carbocycles. The molecule has 1 fully saturated rings. The van der Waals surface area contributed by atoms with E-state index in [0.29, 0.717) is 0 Å². The molecule has 1 aromatic rings. The van der Waals surface area contributed by atoms with Crippen LogP contribution in [0.15, 0.2) is 24.3 Å². The zero-order valence-corrected chi connectivity index (χ0v) is 9.33. The first-order valence-electron chi connectivity index (χ1n) is 5.85. The Balaban J connectivity index is 1.86. The molecule has 0 saturated heterocycles. The monoisotopic (exact) mass is 205 g/mol. The van der Waals surface area contributed by atoms with Crippen molar-refractivity contribution in [1.29, 1.82) is 0 Å². The molecule has 2 nitrogen and oxygen atoms in total. The zero-order chi connectivity index (χ0) is 10.5. The number of rotatable bonds is 5. The summed E-state index contributed by atoms with van der Waals surface area (Å²) in [6.07, 6.45) is 4.18. The molecule has 1 N–H and O–H groups in total. The van der Waals surface area contributed by atoms with Crippen molar-refractivity contribution in [2.45, 2.75) is 26.2 Å². The number of hydrogen-bond acceptors (Lipinski definition) is 2. The van der Waals surface area contributed by atoms with Crippen LogP contribution in [0.2, 0.25) is 0 Å². The molecular formula is C13H19NO. The van der Waals surface area contributed by atoms with E-state index in [9.17, 15) is 0 Å².